The second-order valence-electron chi connectivity index (χ2n) is 6.10. The first-order valence-corrected chi connectivity index (χ1v) is 9.55. The molecule has 6 nitrogen and oxygen atoms in total. The number of para-hydroxylation sites is 1. The average molecular weight is 403 g/mol. The average Bonchev–Trinajstić information content (AvgIpc) is 3.08. The van der Waals surface area contributed by atoms with Gasteiger partial charge in [-0.1, -0.05) is 23.9 Å². The molecule has 0 aliphatic carbocycles. The Balaban J connectivity index is 1.75. The van der Waals surface area contributed by atoms with E-state index in [4.69, 9.17) is 4.74 Å². The van der Waals surface area contributed by atoms with Crippen molar-refractivity contribution in [1.82, 2.24) is 14.5 Å². The highest BCUT2D eigenvalue weighted by atomic mass is 32.2. The van der Waals surface area contributed by atoms with Gasteiger partial charge in [-0.05, 0) is 24.3 Å². The molecule has 28 heavy (non-hydrogen) atoms. The van der Waals surface area contributed by atoms with Crippen LogP contribution >= 0.6 is 11.8 Å². The summed E-state index contributed by atoms with van der Waals surface area (Å²) in [6.45, 7) is 1.26. The van der Waals surface area contributed by atoms with Gasteiger partial charge in [-0.25, -0.2) is 18.6 Å². The first-order valence-electron chi connectivity index (χ1n) is 8.56. The van der Waals surface area contributed by atoms with Gasteiger partial charge in [0.2, 0.25) is 0 Å². The topological polar surface area (TPSA) is 64.4 Å². The Morgan fingerprint density at radius 1 is 1.14 bits per heavy atom. The lowest BCUT2D eigenvalue weighted by Gasteiger charge is -2.15. The Bertz CT molecular complexity index is 1120. The second-order valence-corrected chi connectivity index (χ2v) is 7.16. The number of amides is 1. The van der Waals surface area contributed by atoms with Gasteiger partial charge in [0.25, 0.3) is 5.56 Å². The summed E-state index contributed by atoms with van der Waals surface area (Å²) in [6, 6.07) is 9.79. The van der Waals surface area contributed by atoms with Crippen molar-refractivity contribution >= 4 is 28.8 Å². The number of ether oxygens (including phenoxy) is 1. The van der Waals surface area contributed by atoms with Crippen molar-refractivity contribution in [1.29, 1.82) is 0 Å². The van der Waals surface area contributed by atoms with Crippen molar-refractivity contribution in [2.75, 3.05) is 25.4 Å². The zero-order valence-electron chi connectivity index (χ0n) is 14.6. The van der Waals surface area contributed by atoms with Crippen LogP contribution in [-0.4, -0.2) is 46.0 Å². The molecule has 4 rings (SSSR count). The highest BCUT2D eigenvalue weighted by Crippen LogP contribution is 2.23. The smallest absolute Gasteiger partial charge is 0.409 e. The number of carbonyl (C=O) groups excluding carboxylic acids is 1. The Hall–Kier alpha value is -2.94. The van der Waals surface area contributed by atoms with Gasteiger partial charge in [-0.15, -0.1) is 0 Å². The first kappa shape index (κ1) is 18.4. The normalized spacial score (nSPS) is 13.9. The first-order chi connectivity index (χ1) is 13.5. The number of fused-ring (bicyclic) bond motifs is 1. The number of halogens is 2. The molecule has 0 unspecified atom stereocenters. The molecule has 1 saturated heterocycles. The molecule has 0 N–H and O–H groups in total. The Morgan fingerprint density at radius 2 is 1.96 bits per heavy atom. The number of nitrogens with zero attached hydrogens (tertiary/aromatic N) is 3. The van der Waals surface area contributed by atoms with Gasteiger partial charge in [0.1, 0.15) is 18.2 Å². The summed E-state index contributed by atoms with van der Waals surface area (Å²) in [5.41, 5.74) is -0.0405. The summed E-state index contributed by atoms with van der Waals surface area (Å²) in [5, 5.41) is 0.598. The molecule has 3 aromatic rings. The van der Waals surface area contributed by atoms with E-state index in [1.54, 1.807) is 29.2 Å². The minimum atomic E-state index is -0.857. The van der Waals surface area contributed by atoms with E-state index in [0.29, 0.717) is 36.4 Å². The number of rotatable bonds is 5. The Kier molecular flexibility index (Phi) is 4.99. The van der Waals surface area contributed by atoms with Crippen molar-refractivity contribution in [3.05, 3.63) is 64.5 Å². The number of carbonyl (C=O) groups is 1. The lowest BCUT2D eigenvalue weighted by atomic mass is 10.2. The van der Waals surface area contributed by atoms with Crippen LogP contribution in [0.1, 0.15) is 0 Å². The van der Waals surface area contributed by atoms with Crippen LogP contribution in [0.15, 0.2) is 52.4 Å². The molecule has 0 spiro atoms. The van der Waals surface area contributed by atoms with Crippen LogP contribution in [0.4, 0.5) is 13.6 Å². The summed E-state index contributed by atoms with van der Waals surface area (Å²) in [7, 11) is 0. The highest BCUT2D eigenvalue weighted by molar-refractivity contribution is 7.99. The monoisotopic (exact) mass is 403 g/mol. The van der Waals surface area contributed by atoms with E-state index in [1.807, 2.05) is 0 Å². The molecular formula is C19H15F2N3O3S. The predicted molar refractivity (Wildman–Crippen MR) is 101 cm³/mol. The molecule has 2 heterocycles. The highest BCUT2D eigenvalue weighted by Gasteiger charge is 2.22. The summed E-state index contributed by atoms with van der Waals surface area (Å²) in [5.74, 6) is -1.16. The number of aromatic nitrogens is 2. The second kappa shape index (κ2) is 7.59. The fraction of sp³-hybridized carbons (Fsp3) is 0.211. The summed E-state index contributed by atoms with van der Waals surface area (Å²) in [6.07, 6.45) is -0.381. The Morgan fingerprint density at radius 3 is 2.71 bits per heavy atom. The van der Waals surface area contributed by atoms with E-state index in [-0.39, 0.29) is 16.9 Å². The van der Waals surface area contributed by atoms with Crippen molar-refractivity contribution in [2.45, 2.75) is 5.16 Å². The van der Waals surface area contributed by atoms with E-state index in [1.165, 1.54) is 17.8 Å². The van der Waals surface area contributed by atoms with Crippen LogP contribution in [0, 0.1) is 11.6 Å². The zero-order valence-corrected chi connectivity index (χ0v) is 15.4. The van der Waals surface area contributed by atoms with Crippen LogP contribution < -0.4 is 5.56 Å². The molecule has 0 saturated carbocycles. The molecular weight excluding hydrogens is 388 g/mol. The molecule has 2 aromatic carbocycles. The molecule has 1 fully saturated rings. The molecule has 0 atom stereocenters. The van der Waals surface area contributed by atoms with Crippen LogP contribution in [0.3, 0.4) is 0 Å². The van der Waals surface area contributed by atoms with Gasteiger partial charge < -0.3 is 9.64 Å². The quantitative estimate of drug-likeness (QED) is 0.484. The third kappa shape index (κ3) is 3.45. The van der Waals surface area contributed by atoms with Crippen LogP contribution in [0.25, 0.3) is 16.6 Å². The van der Waals surface area contributed by atoms with E-state index in [0.717, 1.165) is 16.7 Å². The van der Waals surface area contributed by atoms with Crippen LogP contribution in [0.2, 0.25) is 0 Å². The van der Waals surface area contributed by atoms with E-state index in [9.17, 15) is 18.4 Å². The number of hydrogen-bond donors (Lipinski definition) is 0. The van der Waals surface area contributed by atoms with Crippen molar-refractivity contribution in [3.8, 4) is 5.69 Å². The molecule has 0 radical (unpaired) electrons. The number of benzene rings is 2. The molecule has 1 aromatic heterocycles. The SMILES string of the molecule is O=C1OCCN1CCSc1nc2ccccc2c(=O)n1-c1ccc(F)cc1F. The molecule has 1 aliphatic rings. The van der Waals surface area contributed by atoms with Gasteiger partial charge in [0.15, 0.2) is 5.16 Å². The van der Waals surface area contributed by atoms with E-state index in [2.05, 4.69) is 4.98 Å². The van der Waals surface area contributed by atoms with E-state index >= 15 is 0 Å². The van der Waals surface area contributed by atoms with Crippen molar-refractivity contribution in [2.24, 2.45) is 0 Å². The number of thioether (sulfide) groups is 1. The third-order valence-electron chi connectivity index (χ3n) is 4.33. The summed E-state index contributed by atoms with van der Waals surface area (Å²) < 4.78 is 33.8. The molecule has 144 valence electrons. The van der Waals surface area contributed by atoms with Gasteiger partial charge >= 0.3 is 6.09 Å². The molecule has 0 bridgehead atoms. The Labute approximate surface area is 162 Å². The maximum Gasteiger partial charge on any atom is 0.409 e. The standard InChI is InChI=1S/C19H15F2N3O3S/c20-12-5-6-16(14(21)11-12)24-17(25)13-3-1-2-4-15(13)22-18(24)28-10-8-23-7-9-27-19(23)26/h1-6,11H,7-10H2. The maximum atomic E-state index is 14.4. The maximum absolute atomic E-state index is 14.4. The summed E-state index contributed by atoms with van der Waals surface area (Å²) in [4.78, 5) is 30.6. The third-order valence-corrected chi connectivity index (χ3v) is 5.25. The van der Waals surface area contributed by atoms with Gasteiger partial charge in [0.05, 0.1) is 23.1 Å². The van der Waals surface area contributed by atoms with E-state index < -0.39 is 17.2 Å². The van der Waals surface area contributed by atoms with Crippen LogP contribution in [-0.2, 0) is 4.74 Å². The van der Waals surface area contributed by atoms with Gasteiger partial charge in [-0.2, -0.15) is 0 Å². The number of hydrogen-bond acceptors (Lipinski definition) is 5. The lowest BCUT2D eigenvalue weighted by Crippen LogP contribution is -2.27. The number of cyclic esters (lactones) is 1. The van der Waals surface area contributed by atoms with Crippen LogP contribution in [0.5, 0.6) is 0 Å². The summed E-state index contributed by atoms with van der Waals surface area (Å²) >= 11 is 1.21. The predicted octanol–water partition coefficient (Wildman–Crippen LogP) is 3.21. The van der Waals surface area contributed by atoms with Gasteiger partial charge in [-0.3, -0.25) is 9.36 Å². The minimum Gasteiger partial charge on any atom is -0.448 e. The minimum absolute atomic E-state index is 0.0762. The largest absolute Gasteiger partial charge is 0.448 e. The van der Waals surface area contributed by atoms with Gasteiger partial charge in [0, 0.05) is 18.4 Å². The lowest BCUT2D eigenvalue weighted by molar-refractivity contribution is 0.160. The molecule has 1 amide bonds. The fourth-order valence-corrected chi connectivity index (χ4v) is 3.93. The molecule has 9 heteroatoms. The molecule has 1 aliphatic heterocycles. The van der Waals surface area contributed by atoms with Crippen molar-refractivity contribution in [3.63, 3.8) is 0 Å². The fourth-order valence-electron chi connectivity index (χ4n) is 2.96. The zero-order chi connectivity index (χ0) is 19.7. The van der Waals surface area contributed by atoms with Crippen molar-refractivity contribution < 1.29 is 18.3 Å².